The highest BCUT2D eigenvalue weighted by Crippen LogP contribution is 2.28. The third-order valence-electron chi connectivity index (χ3n) is 5.95. The zero-order valence-electron chi connectivity index (χ0n) is 20.9. The van der Waals surface area contributed by atoms with Crippen LogP contribution in [0.4, 0.5) is 5.69 Å². The number of aryl methyl sites for hydroxylation is 1. The van der Waals surface area contributed by atoms with Gasteiger partial charge >= 0.3 is 0 Å². The molecule has 1 atom stereocenters. The summed E-state index contributed by atoms with van der Waals surface area (Å²) in [7, 11) is -3.82. The molecule has 4 aromatic rings. The second kappa shape index (κ2) is 11.8. The van der Waals surface area contributed by atoms with Gasteiger partial charge in [-0.3, -0.25) is 9.10 Å². The second-order valence-electron chi connectivity index (χ2n) is 8.79. The fourth-order valence-electron chi connectivity index (χ4n) is 3.87. The molecule has 1 amide bonds. The molecule has 4 aromatic carbocycles. The van der Waals surface area contributed by atoms with Crippen molar-refractivity contribution in [2.24, 2.45) is 0 Å². The quantitative estimate of drug-likeness (QED) is 0.297. The number of amides is 1. The maximum atomic E-state index is 13.6. The number of anilines is 1. The Labute approximate surface area is 218 Å². The first kappa shape index (κ1) is 26.0. The molecule has 0 saturated heterocycles. The van der Waals surface area contributed by atoms with E-state index in [0.717, 1.165) is 16.7 Å². The van der Waals surface area contributed by atoms with E-state index in [1.165, 1.54) is 4.31 Å². The van der Waals surface area contributed by atoms with Gasteiger partial charge in [-0.05, 0) is 61.4 Å². The molecule has 1 N–H and O–H groups in total. The van der Waals surface area contributed by atoms with Gasteiger partial charge in [0.05, 0.1) is 23.2 Å². The zero-order valence-corrected chi connectivity index (χ0v) is 21.7. The van der Waals surface area contributed by atoms with Crippen molar-refractivity contribution in [3.05, 3.63) is 126 Å². The van der Waals surface area contributed by atoms with Gasteiger partial charge in [-0.25, -0.2) is 8.42 Å². The Morgan fingerprint density at radius 3 is 2.05 bits per heavy atom. The van der Waals surface area contributed by atoms with Crippen LogP contribution in [0.3, 0.4) is 0 Å². The van der Waals surface area contributed by atoms with E-state index < -0.39 is 10.0 Å². The average molecular weight is 515 g/mol. The molecule has 0 aliphatic carbocycles. The lowest BCUT2D eigenvalue weighted by Crippen LogP contribution is -2.31. The fourth-order valence-corrected chi connectivity index (χ4v) is 5.32. The SMILES string of the molecule is Cc1ccc(S(=O)(=O)N(Cc2ccccc2)c2ccc(OCC(=O)N[C@@H](C)c3ccccc3)cc2)cc1. The number of carbonyl (C=O) groups is 1. The molecule has 6 nitrogen and oxygen atoms in total. The number of ether oxygens (including phenoxy) is 1. The van der Waals surface area contributed by atoms with Crippen LogP contribution in [-0.4, -0.2) is 20.9 Å². The molecule has 0 spiro atoms. The Morgan fingerprint density at radius 2 is 1.43 bits per heavy atom. The van der Waals surface area contributed by atoms with Crippen LogP contribution in [0.1, 0.15) is 29.7 Å². The Kier molecular flexibility index (Phi) is 8.25. The van der Waals surface area contributed by atoms with Gasteiger partial charge in [0.15, 0.2) is 6.61 Å². The highest BCUT2D eigenvalue weighted by Gasteiger charge is 2.25. The van der Waals surface area contributed by atoms with Crippen molar-refractivity contribution in [2.75, 3.05) is 10.9 Å². The van der Waals surface area contributed by atoms with Gasteiger partial charge in [-0.1, -0.05) is 78.4 Å². The summed E-state index contributed by atoms with van der Waals surface area (Å²) in [5.41, 5.74) is 3.35. The normalized spacial score (nSPS) is 11.9. The van der Waals surface area contributed by atoms with E-state index in [9.17, 15) is 13.2 Å². The molecule has 0 fully saturated rings. The summed E-state index contributed by atoms with van der Waals surface area (Å²) >= 11 is 0. The summed E-state index contributed by atoms with van der Waals surface area (Å²) in [4.78, 5) is 12.6. The Bertz CT molecular complexity index is 1410. The molecular weight excluding hydrogens is 484 g/mol. The van der Waals surface area contributed by atoms with Crippen LogP contribution < -0.4 is 14.4 Å². The van der Waals surface area contributed by atoms with E-state index in [4.69, 9.17) is 4.74 Å². The van der Waals surface area contributed by atoms with Crippen molar-refractivity contribution in [2.45, 2.75) is 31.3 Å². The molecule has 0 aromatic heterocycles. The van der Waals surface area contributed by atoms with E-state index >= 15 is 0 Å². The van der Waals surface area contributed by atoms with Gasteiger partial charge in [0.1, 0.15) is 5.75 Å². The molecule has 0 radical (unpaired) electrons. The standard InChI is InChI=1S/C30H30N2O4S/c1-23-13-19-29(20-14-23)37(34,35)32(21-25-9-5-3-6-10-25)27-15-17-28(18-16-27)36-22-30(33)31-24(2)26-11-7-4-8-12-26/h3-20,24H,21-22H2,1-2H3,(H,31,33)/t24-/m0/s1. The third-order valence-corrected chi connectivity index (χ3v) is 7.74. The first-order chi connectivity index (χ1) is 17.8. The average Bonchev–Trinajstić information content (AvgIpc) is 2.92. The molecule has 7 heteroatoms. The topological polar surface area (TPSA) is 75.7 Å². The van der Waals surface area contributed by atoms with E-state index in [1.54, 1.807) is 48.5 Å². The lowest BCUT2D eigenvalue weighted by atomic mass is 10.1. The van der Waals surface area contributed by atoms with Crippen LogP contribution in [0.2, 0.25) is 0 Å². The van der Waals surface area contributed by atoms with Gasteiger partial charge in [-0.15, -0.1) is 0 Å². The largest absolute Gasteiger partial charge is 0.484 e. The molecule has 0 heterocycles. The number of rotatable bonds is 10. The Balaban J connectivity index is 1.48. The van der Waals surface area contributed by atoms with Crippen molar-refractivity contribution in [1.82, 2.24) is 5.32 Å². The first-order valence-corrected chi connectivity index (χ1v) is 13.5. The molecule has 0 unspecified atom stereocenters. The summed E-state index contributed by atoms with van der Waals surface area (Å²) in [5.74, 6) is 0.228. The minimum Gasteiger partial charge on any atom is -0.484 e. The van der Waals surface area contributed by atoms with Crippen molar-refractivity contribution < 1.29 is 17.9 Å². The Hall–Kier alpha value is -4.10. The van der Waals surface area contributed by atoms with Crippen LogP contribution in [0, 0.1) is 6.92 Å². The van der Waals surface area contributed by atoms with E-state index in [2.05, 4.69) is 5.32 Å². The van der Waals surface area contributed by atoms with Gasteiger partial charge in [0.2, 0.25) is 0 Å². The molecule has 190 valence electrons. The highest BCUT2D eigenvalue weighted by molar-refractivity contribution is 7.92. The van der Waals surface area contributed by atoms with Gasteiger partial charge in [0.25, 0.3) is 15.9 Å². The monoisotopic (exact) mass is 514 g/mol. The maximum absolute atomic E-state index is 13.6. The predicted octanol–water partition coefficient (Wildman–Crippen LogP) is 5.65. The summed E-state index contributed by atoms with van der Waals surface area (Å²) in [6, 6.07) is 32.5. The zero-order chi connectivity index (χ0) is 26.3. The summed E-state index contributed by atoms with van der Waals surface area (Å²) < 4.78 is 34.3. The molecule has 0 aliphatic rings. The smallest absolute Gasteiger partial charge is 0.264 e. The molecule has 37 heavy (non-hydrogen) atoms. The minimum atomic E-state index is -3.82. The second-order valence-corrected chi connectivity index (χ2v) is 10.7. The lowest BCUT2D eigenvalue weighted by Gasteiger charge is -2.25. The minimum absolute atomic E-state index is 0.141. The van der Waals surface area contributed by atoms with Crippen molar-refractivity contribution >= 4 is 21.6 Å². The third kappa shape index (κ3) is 6.77. The van der Waals surface area contributed by atoms with Crippen LogP contribution in [-0.2, 0) is 21.4 Å². The predicted molar refractivity (Wildman–Crippen MR) is 146 cm³/mol. The van der Waals surface area contributed by atoms with Gasteiger partial charge in [-0.2, -0.15) is 0 Å². The highest BCUT2D eigenvalue weighted by atomic mass is 32.2. The number of nitrogens with zero attached hydrogens (tertiary/aromatic N) is 1. The number of benzene rings is 4. The summed E-state index contributed by atoms with van der Waals surface area (Å²) in [6.45, 7) is 3.86. The van der Waals surface area contributed by atoms with Gasteiger partial charge < -0.3 is 10.1 Å². The number of carbonyl (C=O) groups excluding carboxylic acids is 1. The molecule has 0 saturated carbocycles. The van der Waals surface area contributed by atoms with Crippen LogP contribution in [0.15, 0.2) is 114 Å². The van der Waals surface area contributed by atoms with E-state index in [1.807, 2.05) is 74.5 Å². The molecule has 0 bridgehead atoms. The van der Waals surface area contributed by atoms with Crippen molar-refractivity contribution in [1.29, 1.82) is 0 Å². The molecule has 4 rings (SSSR count). The van der Waals surface area contributed by atoms with Crippen LogP contribution in [0.5, 0.6) is 5.75 Å². The lowest BCUT2D eigenvalue weighted by molar-refractivity contribution is -0.123. The number of nitrogens with one attached hydrogen (secondary N) is 1. The van der Waals surface area contributed by atoms with Crippen molar-refractivity contribution in [3.8, 4) is 5.75 Å². The summed E-state index contributed by atoms with van der Waals surface area (Å²) in [6.07, 6.45) is 0. The number of hydrogen-bond donors (Lipinski definition) is 1. The number of hydrogen-bond acceptors (Lipinski definition) is 4. The van der Waals surface area contributed by atoms with E-state index in [-0.39, 0.29) is 30.0 Å². The fraction of sp³-hybridized carbons (Fsp3) is 0.167. The summed E-state index contributed by atoms with van der Waals surface area (Å²) in [5, 5.41) is 2.91. The van der Waals surface area contributed by atoms with Gasteiger partial charge in [0, 0.05) is 0 Å². The first-order valence-electron chi connectivity index (χ1n) is 12.0. The maximum Gasteiger partial charge on any atom is 0.264 e. The van der Waals surface area contributed by atoms with E-state index in [0.29, 0.717) is 11.4 Å². The van der Waals surface area contributed by atoms with Crippen molar-refractivity contribution in [3.63, 3.8) is 0 Å². The molecular formula is C30H30N2O4S. The van der Waals surface area contributed by atoms with Crippen LogP contribution in [0.25, 0.3) is 0 Å². The Morgan fingerprint density at radius 1 is 0.838 bits per heavy atom. The molecule has 0 aliphatic heterocycles. The number of sulfonamides is 1. The van der Waals surface area contributed by atoms with Crippen LogP contribution >= 0.6 is 0 Å².